The lowest BCUT2D eigenvalue weighted by molar-refractivity contribution is -0.130. The lowest BCUT2D eigenvalue weighted by Crippen LogP contribution is -2.41. The van der Waals surface area contributed by atoms with Gasteiger partial charge < -0.3 is 10.2 Å². The molecule has 0 aliphatic carbocycles. The number of carbonyl (C=O) groups excluding carboxylic acids is 1. The van der Waals surface area contributed by atoms with Crippen LogP contribution >= 0.6 is 0 Å². The van der Waals surface area contributed by atoms with E-state index in [-0.39, 0.29) is 11.9 Å². The second-order valence-electron chi connectivity index (χ2n) is 4.71. The fraction of sp³-hybridized carbons (Fsp3) is 0.500. The molecule has 0 aliphatic rings. The van der Waals surface area contributed by atoms with Crippen molar-refractivity contribution >= 4 is 5.91 Å². The highest BCUT2D eigenvalue weighted by Crippen LogP contribution is 2.12. The van der Waals surface area contributed by atoms with Gasteiger partial charge in [0.2, 0.25) is 5.91 Å². The summed E-state index contributed by atoms with van der Waals surface area (Å²) in [5.74, 6) is 0.108. The Balaban J connectivity index is 2.65. The molecule has 0 saturated carbocycles. The van der Waals surface area contributed by atoms with Crippen LogP contribution in [0.5, 0.6) is 0 Å². The summed E-state index contributed by atoms with van der Waals surface area (Å²) in [6.45, 7) is 6.83. The van der Waals surface area contributed by atoms with Crippen LogP contribution in [0.3, 0.4) is 0 Å². The lowest BCUT2D eigenvalue weighted by Gasteiger charge is -2.19. The van der Waals surface area contributed by atoms with Crippen molar-refractivity contribution in [2.45, 2.75) is 33.4 Å². The summed E-state index contributed by atoms with van der Waals surface area (Å²) in [5, 5.41) is 3.27. The third kappa shape index (κ3) is 3.56. The highest BCUT2D eigenvalue weighted by atomic mass is 16.2. The summed E-state index contributed by atoms with van der Waals surface area (Å²) < 4.78 is 0. The van der Waals surface area contributed by atoms with Crippen LogP contribution in [0.1, 0.15) is 23.6 Å². The van der Waals surface area contributed by atoms with E-state index in [9.17, 15) is 4.79 Å². The summed E-state index contributed by atoms with van der Waals surface area (Å²) in [6, 6.07) is 6.11. The molecule has 0 bridgehead atoms. The Kier molecular flexibility index (Phi) is 4.70. The summed E-state index contributed by atoms with van der Waals surface area (Å²) >= 11 is 0. The van der Waals surface area contributed by atoms with Gasteiger partial charge in [-0.25, -0.2) is 0 Å². The van der Waals surface area contributed by atoms with Crippen molar-refractivity contribution in [1.29, 1.82) is 0 Å². The Labute approximate surface area is 104 Å². The van der Waals surface area contributed by atoms with Crippen LogP contribution in [0.2, 0.25) is 0 Å². The number of hydrogen-bond acceptors (Lipinski definition) is 2. The molecule has 1 aromatic carbocycles. The quantitative estimate of drug-likeness (QED) is 0.862. The van der Waals surface area contributed by atoms with Crippen molar-refractivity contribution in [3.05, 3.63) is 34.9 Å². The molecule has 0 aliphatic heterocycles. The molecule has 0 fully saturated rings. The predicted octanol–water partition coefficient (Wildman–Crippen LogP) is 1.87. The summed E-state index contributed by atoms with van der Waals surface area (Å²) in [5.41, 5.74) is 3.81. The number of nitrogens with zero attached hydrogens (tertiary/aromatic N) is 1. The van der Waals surface area contributed by atoms with E-state index in [0.717, 1.165) is 6.54 Å². The molecule has 0 aromatic heterocycles. The fourth-order valence-electron chi connectivity index (χ4n) is 1.86. The van der Waals surface area contributed by atoms with Crippen molar-refractivity contribution < 1.29 is 4.79 Å². The van der Waals surface area contributed by atoms with Gasteiger partial charge in [-0.3, -0.25) is 4.79 Å². The number of aryl methyl sites for hydroxylation is 2. The molecule has 1 N–H and O–H groups in total. The van der Waals surface area contributed by atoms with E-state index in [4.69, 9.17) is 0 Å². The Morgan fingerprint density at radius 3 is 2.29 bits per heavy atom. The molecule has 0 heterocycles. The molecule has 1 unspecified atom stereocenters. The van der Waals surface area contributed by atoms with Crippen molar-refractivity contribution in [3.63, 3.8) is 0 Å². The van der Waals surface area contributed by atoms with Gasteiger partial charge in [0.05, 0.1) is 6.04 Å². The van der Waals surface area contributed by atoms with E-state index in [1.54, 1.807) is 19.0 Å². The molecule has 94 valence electrons. The van der Waals surface area contributed by atoms with E-state index in [2.05, 4.69) is 37.4 Å². The largest absolute Gasteiger partial charge is 0.347 e. The third-order valence-electron chi connectivity index (χ3n) is 3.04. The van der Waals surface area contributed by atoms with Crippen molar-refractivity contribution in [2.24, 2.45) is 0 Å². The number of nitrogens with one attached hydrogen (secondary N) is 1. The first-order valence-electron chi connectivity index (χ1n) is 5.93. The van der Waals surface area contributed by atoms with Crippen LogP contribution in [0.15, 0.2) is 18.2 Å². The molecule has 0 saturated heterocycles. The molecule has 0 radical (unpaired) electrons. The number of benzene rings is 1. The molecular formula is C14H22N2O. The smallest absolute Gasteiger partial charge is 0.238 e. The number of rotatable bonds is 4. The number of likely N-dealkylation sites (N-methyl/N-ethyl adjacent to an activating group) is 1. The molecule has 1 atom stereocenters. The predicted molar refractivity (Wildman–Crippen MR) is 70.9 cm³/mol. The summed E-state index contributed by atoms with van der Waals surface area (Å²) in [7, 11) is 3.55. The Morgan fingerprint density at radius 1 is 1.29 bits per heavy atom. The minimum atomic E-state index is -0.149. The maximum atomic E-state index is 11.7. The highest BCUT2D eigenvalue weighted by Gasteiger charge is 2.14. The third-order valence-corrected chi connectivity index (χ3v) is 3.04. The first-order valence-corrected chi connectivity index (χ1v) is 5.93. The molecule has 1 amide bonds. The number of carbonyl (C=O) groups is 1. The van der Waals surface area contributed by atoms with Gasteiger partial charge in [0.1, 0.15) is 0 Å². The second-order valence-corrected chi connectivity index (χ2v) is 4.71. The average Bonchev–Trinajstić information content (AvgIpc) is 2.26. The minimum absolute atomic E-state index is 0.108. The molecule has 3 heteroatoms. The lowest BCUT2D eigenvalue weighted by atomic mass is 10.0. The SMILES string of the molecule is Cc1cccc(C)c1CNC(C)C(=O)N(C)C. The first kappa shape index (κ1) is 13.7. The monoisotopic (exact) mass is 234 g/mol. The van der Waals surface area contributed by atoms with E-state index >= 15 is 0 Å². The normalized spacial score (nSPS) is 12.3. The summed E-state index contributed by atoms with van der Waals surface area (Å²) in [4.78, 5) is 13.3. The van der Waals surface area contributed by atoms with Gasteiger partial charge in [-0.1, -0.05) is 18.2 Å². The van der Waals surface area contributed by atoms with Gasteiger partial charge in [-0.2, -0.15) is 0 Å². The van der Waals surface area contributed by atoms with Gasteiger partial charge in [0.15, 0.2) is 0 Å². The fourth-order valence-corrected chi connectivity index (χ4v) is 1.86. The molecular weight excluding hydrogens is 212 g/mol. The second kappa shape index (κ2) is 5.82. The maximum Gasteiger partial charge on any atom is 0.238 e. The van der Waals surface area contributed by atoms with E-state index in [1.165, 1.54) is 16.7 Å². The molecule has 0 spiro atoms. The zero-order chi connectivity index (χ0) is 13.0. The van der Waals surface area contributed by atoms with Gasteiger partial charge in [-0.15, -0.1) is 0 Å². The van der Waals surface area contributed by atoms with E-state index in [1.807, 2.05) is 6.92 Å². The zero-order valence-corrected chi connectivity index (χ0v) is 11.4. The van der Waals surface area contributed by atoms with Crippen LogP contribution < -0.4 is 5.32 Å². The molecule has 1 aromatic rings. The van der Waals surface area contributed by atoms with Crippen molar-refractivity contribution in [2.75, 3.05) is 14.1 Å². The van der Waals surface area contributed by atoms with Crippen LogP contribution in [0.25, 0.3) is 0 Å². The van der Waals surface area contributed by atoms with Crippen molar-refractivity contribution in [3.8, 4) is 0 Å². The number of hydrogen-bond donors (Lipinski definition) is 1. The van der Waals surface area contributed by atoms with Crippen LogP contribution in [0, 0.1) is 13.8 Å². The Morgan fingerprint density at radius 2 is 1.82 bits per heavy atom. The van der Waals surface area contributed by atoms with Crippen molar-refractivity contribution in [1.82, 2.24) is 10.2 Å². The Hall–Kier alpha value is -1.35. The first-order chi connectivity index (χ1) is 7.93. The van der Waals surface area contributed by atoms with Gasteiger partial charge in [0.25, 0.3) is 0 Å². The standard InChI is InChI=1S/C14H22N2O/c1-10-7-6-8-11(2)13(10)9-15-12(3)14(17)16(4)5/h6-8,12,15H,9H2,1-5H3. The van der Waals surface area contributed by atoms with Gasteiger partial charge >= 0.3 is 0 Å². The van der Waals surface area contributed by atoms with Gasteiger partial charge in [0, 0.05) is 20.6 Å². The molecule has 17 heavy (non-hydrogen) atoms. The van der Waals surface area contributed by atoms with Crippen LogP contribution in [-0.2, 0) is 11.3 Å². The Bertz CT molecular complexity index is 379. The summed E-state index contributed by atoms with van der Waals surface area (Å²) in [6.07, 6.45) is 0. The van der Waals surface area contributed by atoms with Crippen LogP contribution in [0.4, 0.5) is 0 Å². The molecule has 3 nitrogen and oxygen atoms in total. The minimum Gasteiger partial charge on any atom is -0.347 e. The highest BCUT2D eigenvalue weighted by molar-refractivity contribution is 5.80. The zero-order valence-electron chi connectivity index (χ0n) is 11.4. The molecule has 1 rings (SSSR count). The van der Waals surface area contributed by atoms with E-state index in [0.29, 0.717) is 0 Å². The topological polar surface area (TPSA) is 32.3 Å². The number of amides is 1. The average molecular weight is 234 g/mol. The van der Waals surface area contributed by atoms with E-state index < -0.39 is 0 Å². The maximum absolute atomic E-state index is 11.7. The van der Waals surface area contributed by atoms with Gasteiger partial charge in [-0.05, 0) is 37.5 Å². The van der Waals surface area contributed by atoms with Crippen LogP contribution in [-0.4, -0.2) is 30.9 Å².